The molecule has 3 aromatic carbocycles. The summed E-state index contributed by atoms with van der Waals surface area (Å²) in [7, 11) is 0. The fraction of sp³-hybridized carbons (Fsp3) is 0.286. The van der Waals surface area contributed by atoms with E-state index in [1.807, 2.05) is 60.7 Å². The lowest BCUT2D eigenvalue weighted by Gasteiger charge is -2.36. The Morgan fingerprint density at radius 1 is 0.742 bits per heavy atom. The van der Waals surface area contributed by atoms with Gasteiger partial charge in [-0.2, -0.15) is 0 Å². The van der Waals surface area contributed by atoms with Gasteiger partial charge in [0.1, 0.15) is 11.7 Å². The molecule has 31 heavy (non-hydrogen) atoms. The van der Waals surface area contributed by atoms with Gasteiger partial charge in [0.25, 0.3) is 0 Å². The topological polar surface area (TPSA) is 38.7 Å². The molecule has 0 radical (unpaired) electrons. The van der Waals surface area contributed by atoms with Crippen LogP contribution in [0.3, 0.4) is 0 Å². The molecule has 1 N–H and O–H groups in total. The summed E-state index contributed by atoms with van der Waals surface area (Å²) in [5.74, 6) is 0. The van der Waals surface area contributed by atoms with E-state index in [1.165, 1.54) is 0 Å². The molecule has 3 nitrogen and oxygen atoms in total. The summed E-state index contributed by atoms with van der Waals surface area (Å²) in [5.41, 5.74) is 2.23. The zero-order valence-corrected chi connectivity index (χ0v) is 18.0. The van der Waals surface area contributed by atoms with Gasteiger partial charge in [0.15, 0.2) is 0 Å². The molecule has 0 fully saturated rings. The molecule has 0 aromatic heterocycles. The second-order valence-corrected chi connectivity index (χ2v) is 7.60. The van der Waals surface area contributed by atoms with Gasteiger partial charge in [-0.1, -0.05) is 97.1 Å². The van der Waals surface area contributed by atoms with Gasteiger partial charge in [-0.25, -0.2) is 0 Å². The molecule has 1 atom stereocenters. The monoisotopic (exact) mass is 416 g/mol. The van der Waals surface area contributed by atoms with Crippen molar-refractivity contribution in [1.29, 1.82) is 0 Å². The Kier molecular flexibility index (Phi) is 9.04. The second-order valence-electron chi connectivity index (χ2n) is 7.60. The molecule has 162 valence electrons. The highest BCUT2D eigenvalue weighted by molar-refractivity contribution is 5.47. The van der Waals surface area contributed by atoms with Crippen LogP contribution in [0.1, 0.15) is 36.0 Å². The zero-order valence-electron chi connectivity index (χ0n) is 18.0. The summed E-state index contributed by atoms with van der Waals surface area (Å²) < 4.78 is 12.3. The van der Waals surface area contributed by atoms with Crippen LogP contribution in [-0.2, 0) is 15.1 Å². The smallest absolute Gasteiger partial charge is 0.143 e. The molecule has 3 aromatic rings. The van der Waals surface area contributed by atoms with E-state index in [0.717, 1.165) is 36.0 Å². The highest BCUT2D eigenvalue weighted by Gasteiger charge is 2.37. The first kappa shape index (κ1) is 23.0. The highest BCUT2D eigenvalue weighted by atomic mass is 16.5. The quantitative estimate of drug-likeness (QED) is 0.220. The molecule has 3 heteroatoms. The number of unbranched alkanes of at least 4 members (excludes halogenated alkanes) is 2. The lowest BCUT2D eigenvalue weighted by molar-refractivity contribution is -0.0641. The molecule has 0 aliphatic carbocycles. The van der Waals surface area contributed by atoms with Crippen LogP contribution >= 0.6 is 0 Å². The first-order valence-corrected chi connectivity index (χ1v) is 10.9. The van der Waals surface area contributed by atoms with E-state index in [-0.39, 0.29) is 13.2 Å². The van der Waals surface area contributed by atoms with Crippen LogP contribution in [0.4, 0.5) is 0 Å². The SMILES string of the molecule is C=CCCCCOCC(O)COC(c1ccccc1)(c1ccccc1)c1ccccc1. The molecule has 0 aliphatic rings. The Bertz CT molecular complexity index is 781. The summed E-state index contributed by atoms with van der Waals surface area (Å²) in [5, 5.41) is 10.6. The Morgan fingerprint density at radius 2 is 1.23 bits per heavy atom. The summed E-state index contributed by atoms with van der Waals surface area (Å²) >= 11 is 0. The fourth-order valence-electron chi connectivity index (χ4n) is 3.75. The van der Waals surface area contributed by atoms with Crippen LogP contribution < -0.4 is 0 Å². The van der Waals surface area contributed by atoms with Crippen LogP contribution in [0, 0.1) is 0 Å². The molecule has 0 amide bonds. The van der Waals surface area contributed by atoms with Crippen LogP contribution in [0.5, 0.6) is 0 Å². The summed E-state index contributed by atoms with van der Waals surface area (Å²) in [6.07, 6.45) is 4.20. The number of allylic oxidation sites excluding steroid dienone is 1. The van der Waals surface area contributed by atoms with Crippen molar-refractivity contribution in [3.05, 3.63) is 120 Å². The molecular weight excluding hydrogens is 384 g/mol. The van der Waals surface area contributed by atoms with Crippen LogP contribution in [0.15, 0.2) is 104 Å². The van der Waals surface area contributed by atoms with E-state index in [0.29, 0.717) is 6.61 Å². The van der Waals surface area contributed by atoms with Gasteiger partial charge in [-0.15, -0.1) is 6.58 Å². The number of aliphatic hydroxyl groups is 1. The highest BCUT2D eigenvalue weighted by Crippen LogP contribution is 2.40. The molecule has 0 bridgehead atoms. The number of hydrogen-bond donors (Lipinski definition) is 1. The van der Waals surface area contributed by atoms with Gasteiger partial charge >= 0.3 is 0 Å². The van der Waals surface area contributed by atoms with Crippen LogP contribution in [0.25, 0.3) is 0 Å². The minimum atomic E-state index is -0.825. The van der Waals surface area contributed by atoms with Gasteiger partial charge in [0.2, 0.25) is 0 Å². The van der Waals surface area contributed by atoms with E-state index in [2.05, 4.69) is 43.0 Å². The fourth-order valence-corrected chi connectivity index (χ4v) is 3.75. The molecule has 0 heterocycles. The average molecular weight is 417 g/mol. The standard InChI is InChI=1S/C28H32O3/c1-2-3-4-14-21-30-22-27(29)23-31-28(24-15-8-5-9-16-24,25-17-10-6-11-18-25)26-19-12-7-13-20-26/h2,5-13,15-20,27,29H,1,3-4,14,21-23H2. The first-order chi connectivity index (χ1) is 15.3. The lowest BCUT2D eigenvalue weighted by atomic mass is 9.80. The predicted molar refractivity (Wildman–Crippen MR) is 126 cm³/mol. The van der Waals surface area contributed by atoms with E-state index in [1.54, 1.807) is 0 Å². The van der Waals surface area contributed by atoms with Gasteiger partial charge in [0, 0.05) is 6.61 Å². The third-order valence-corrected chi connectivity index (χ3v) is 5.29. The first-order valence-electron chi connectivity index (χ1n) is 10.9. The summed E-state index contributed by atoms with van der Waals surface area (Å²) in [6, 6.07) is 30.5. The van der Waals surface area contributed by atoms with Crippen molar-refractivity contribution in [1.82, 2.24) is 0 Å². The van der Waals surface area contributed by atoms with Gasteiger partial charge in [-0.3, -0.25) is 0 Å². The maximum Gasteiger partial charge on any atom is 0.143 e. The minimum Gasteiger partial charge on any atom is -0.388 e. The Labute approximate surface area is 186 Å². The Hall–Kier alpha value is -2.72. The molecule has 0 saturated heterocycles. The van der Waals surface area contributed by atoms with E-state index in [4.69, 9.17) is 9.47 Å². The average Bonchev–Trinajstić information content (AvgIpc) is 2.84. The largest absolute Gasteiger partial charge is 0.388 e. The third kappa shape index (κ3) is 6.14. The Morgan fingerprint density at radius 3 is 1.68 bits per heavy atom. The molecule has 1 unspecified atom stereocenters. The molecule has 3 rings (SSSR count). The van der Waals surface area contributed by atoms with Crippen LogP contribution in [-0.4, -0.2) is 31.0 Å². The van der Waals surface area contributed by atoms with Gasteiger partial charge in [-0.05, 0) is 36.0 Å². The lowest BCUT2D eigenvalue weighted by Crippen LogP contribution is -2.36. The van der Waals surface area contributed by atoms with Crippen molar-refractivity contribution in [2.75, 3.05) is 19.8 Å². The maximum absolute atomic E-state index is 10.6. The van der Waals surface area contributed by atoms with Crippen molar-refractivity contribution >= 4 is 0 Å². The van der Waals surface area contributed by atoms with Crippen molar-refractivity contribution in [2.45, 2.75) is 31.0 Å². The number of benzene rings is 3. The van der Waals surface area contributed by atoms with E-state index in [9.17, 15) is 5.11 Å². The third-order valence-electron chi connectivity index (χ3n) is 5.29. The number of aliphatic hydroxyl groups excluding tert-OH is 1. The van der Waals surface area contributed by atoms with E-state index < -0.39 is 11.7 Å². The van der Waals surface area contributed by atoms with E-state index >= 15 is 0 Å². The van der Waals surface area contributed by atoms with Gasteiger partial charge < -0.3 is 14.6 Å². The minimum absolute atomic E-state index is 0.158. The number of ether oxygens (including phenoxy) is 2. The number of hydrogen-bond acceptors (Lipinski definition) is 3. The molecule has 0 saturated carbocycles. The van der Waals surface area contributed by atoms with Gasteiger partial charge in [0.05, 0.1) is 13.2 Å². The van der Waals surface area contributed by atoms with Crippen molar-refractivity contribution in [2.24, 2.45) is 0 Å². The van der Waals surface area contributed by atoms with Crippen molar-refractivity contribution < 1.29 is 14.6 Å². The Balaban J connectivity index is 1.82. The maximum atomic E-state index is 10.6. The molecular formula is C28H32O3. The van der Waals surface area contributed by atoms with Crippen molar-refractivity contribution in [3.63, 3.8) is 0 Å². The molecule has 0 aliphatic heterocycles. The summed E-state index contributed by atoms with van der Waals surface area (Å²) in [6.45, 7) is 4.77. The zero-order chi connectivity index (χ0) is 21.8. The summed E-state index contributed by atoms with van der Waals surface area (Å²) in [4.78, 5) is 0. The van der Waals surface area contributed by atoms with Crippen LogP contribution in [0.2, 0.25) is 0 Å². The predicted octanol–water partition coefficient (Wildman–Crippen LogP) is 5.73. The van der Waals surface area contributed by atoms with Crippen molar-refractivity contribution in [3.8, 4) is 0 Å². The molecule has 0 spiro atoms. The number of rotatable bonds is 13. The second kappa shape index (κ2) is 12.2. The normalized spacial score (nSPS) is 12.4.